The van der Waals surface area contributed by atoms with Gasteiger partial charge in [0.2, 0.25) is 0 Å². The van der Waals surface area contributed by atoms with Crippen molar-refractivity contribution in [3.05, 3.63) is 35.6 Å². The summed E-state index contributed by atoms with van der Waals surface area (Å²) in [6, 6.07) is 0. The van der Waals surface area contributed by atoms with E-state index >= 15 is 0 Å². The number of aliphatic hydroxyl groups is 1. The zero-order valence-electron chi connectivity index (χ0n) is 28.5. The maximum Gasteiger partial charge on any atom is 0.343 e. The largest absolute Gasteiger partial charge is 0.446 e. The lowest BCUT2D eigenvalue weighted by Crippen LogP contribution is -2.29. The molecule has 1 saturated heterocycles. The van der Waals surface area contributed by atoms with Gasteiger partial charge in [-0.25, -0.2) is 9.59 Å². The maximum absolute atomic E-state index is 13.1. The number of Topliss-reactive ketones (excluding diaryl/α,β-unsaturated/α-hetero) is 1. The quantitative estimate of drug-likeness (QED) is 0.0534. The van der Waals surface area contributed by atoms with Gasteiger partial charge in [-0.3, -0.25) is 4.79 Å². The van der Waals surface area contributed by atoms with Gasteiger partial charge in [-0.05, 0) is 32.6 Å². The zero-order chi connectivity index (χ0) is 32.4. The third-order valence-electron chi connectivity index (χ3n) is 8.52. The highest BCUT2D eigenvalue weighted by Gasteiger charge is 2.38. The van der Waals surface area contributed by atoms with E-state index in [1.54, 1.807) is 12.2 Å². The Labute approximate surface area is 269 Å². The SMILES string of the molecule is C=C1OC(=O)C(=CCCCCCCCCCCCCC)[C@H]1OC(=O)/C(=C\CCCCCCCCCCCCC)[C@H](O)C(C)=O. The standard InChI is InChI=1S/C38H64O6/c1-5-7-9-11-13-15-17-19-21-23-25-27-29-33(35(40)31(3)39)37(41)44-36-32(4)43-38(42)34(36)30-28-26-24-22-20-18-16-14-12-10-8-6-2/h29-30,35-36,40H,4-28H2,1-3H3/b33-29-,34-30?/t35-,36+/m1/s1. The van der Waals surface area contributed by atoms with Crippen molar-refractivity contribution < 1.29 is 29.0 Å². The van der Waals surface area contributed by atoms with Crippen molar-refractivity contribution >= 4 is 17.7 Å². The third-order valence-corrected chi connectivity index (χ3v) is 8.52. The molecular weight excluding hydrogens is 552 g/mol. The summed E-state index contributed by atoms with van der Waals surface area (Å²) in [5.74, 6) is -1.86. The number of hydrogen-bond donors (Lipinski definition) is 1. The minimum Gasteiger partial charge on any atom is -0.446 e. The van der Waals surface area contributed by atoms with Gasteiger partial charge in [-0.1, -0.05) is 161 Å². The van der Waals surface area contributed by atoms with Crippen LogP contribution >= 0.6 is 0 Å². The molecule has 0 radical (unpaired) electrons. The molecule has 0 unspecified atom stereocenters. The fourth-order valence-electron chi connectivity index (χ4n) is 5.66. The molecule has 1 aliphatic rings. The van der Waals surface area contributed by atoms with Gasteiger partial charge in [0.25, 0.3) is 0 Å². The van der Waals surface area contributed by atoms with E-state index in [9.17, 15) is 19.5 Å². The predicted molar refractivity (Wildman–Crippen MR) is 180 cm³/mol. The second-order valence-corrected chi connectivity index (χ2v) is 12.6. The number of carbonyl (C=O) groups excluding carboxylic acids is 3. The van der Waals surface area contributed by atoms with E-state index in [2.05, 4.69) is 20.4 Å². The molecule has 1 heterocycles. The molecule has 1 rings (SSSR count). The summed E-state index contributed by atoms with van der Waals surface area (Å²) < 4.78 is 10.8. The summed E-state index contributed by atoms with van der Waals surface area (Å²) in [4.78, 5) is 37.5. The molecule has 0 saturated carbocycles. The molecule has 6 heteroatoms. The molecule has 0 aromatic heterocycles. The summed E-state index contributed by atoms with van der Waals surface area (Å²) in [6.45, 7) is 9.49. The lowest BCUT2D eigenvalue weighted by atomic mass is 10.0. The van der Waals surface area contributed by atoms with Gasteiger partial charge in [0.15, 0.2) is 11.9 Å². The van der Waals surface area contributed by atoms with Crippen molar-refractivity contribution in [2.45, 2.75) is 187 Å². The number of esters is 2. The molecule has 2 atom stereocenters. The number of aliphatic hydroxyl groups excluding tert-OH is 1. The molecule has 0 spiro atoms. The van der Waals surface area contributed by atoms with Crippen molar-refractivity contribution in [1.29, 1.82) is 0 Å². The van der Waals surface area contributed by atoms with Gasteiger partial charge >= 0.3 is 11.9 Å². The van der Waals surface area contributed by atoms with E-state index in [-0.39, 0.29) is 16.9 Å². The van der Waals surface area contributed by atoms with Crippen LogP contribution in [0.15, 0.2) is 35.6 Å². The molecule has 44 heavy (non-hydrogen) atoms. The molecule has 252 valence electrons. The van der Waals surface area contributed by atoms with E-state index in [0.29, 0.717) is 12.8 Å². The Kier molecular flexibility index (Phi) is 23.6. The van der Waals surface area contributed by atoms with E-state index in [1.165, 1.54) is 116 Å². The first-order chi connectivity index (χ1) is 21.3. The van der Waals surface area contributed by atoms with E-state index < -0.39 is 29.9 Å². The first-order valence-electron chi connectivity index (χ1n) is 18.0. The van der Waals surface area contributed by atoms with Crippen LogP contribution in [-0.4, -0.2) is 35.0 Å². The summed E-state index contributed by atoms with van der Waals surface area (Å²) in [5, 5.41) is 10.5. The highest BCUT2D eigenvalue weighted by molar-refractivity contribution is 6.00. The molecular formula is C38H64O6. The fourth-order valence-corrected chi connectivity index (χ4v) is 5.66. The topological polar surface area (TPSA) is 89.9 Å². The lowest BCUT2D eigenvalue weighted by Gasteiger charge is -2.16. The highest BCUT2D eigenvalue weighted by atomic mass is 16.6. The summed E-state index contributed by atoms with van der Waals surface area (Å²) >= 11 is 0. The van der Waals surface area contributed by atoms with Gasteiger partial charge in [-0.15, -0.1) is 0 Å². The fraction of sp³-hybridized carbons (Fsp3) is 0.763. The van der Waals surface area contributed by atoms with Crippen molar-refractivity contribution in [1.82, 2.24) is 0 Å². The number of hydrogen-bond acceptors (Lipinski definition) is 6. The minimum atomic E-state index is -1.56. The highest BCUT2D eigenvalue weighted by Crippen LogP contribution is 2.28. The van der Waals surface area contributed by atoms with Gasteiger partial charge in [-0.2, -0.15) is 0 Å². The lowest BCUT2D eigenvalue weighted by molar-refractivity contribution is -0.144. The van der Waals surface area contributed by atoms with Gasteiger partial charge in [0, 0.05) is 0 Å². The smallest absolute Gasteiger partial charge is 0.343 e. The molecule has 0 aromatic rings. The third kappa shape index (κ3) is 17.9. The summed E-state index contributed by atoms with van der Waals surface area (Å²) in [6.07, 6.45) is 29.1. The van der Waals surface area contributed by atoms with Crippen LogP contribution in [0.4, 0.5) is 0 Å². The van der Waals surface area contributed by atoms with Crippen molar-refractivity contribution in [3.63, 3.8) is 0 Å². The van der Waals surface area contributed by atoms with Gasteiger partial charge in [0.05, 0.1) is 11.1 Å². The van der Waals surface area contributed by atoms with Crippen LogP contribution in [0, 0.1) is 0 Å². The van der Waals surface area contributed by atoms with E-state index in [0.717, 1.165) is 32.1 Å². The van der Waals surface area contributed by atoms with Gasteiger partial charge < -0.3 is 14.6 Å². The first-order valence-corrected chi connectivity index (χ1v) is 18.0. The predicted octanol–water partition coefficient (Wildman–Crippen LogP) is 10.2. The van der Waals surface area contributed by atoms with Crippen LogP contribution in [0.25, 0.3) is 0 Å². The number of allylic oxidation sites excluding steroid dienone is 2. The van der Waals surface area contributed by atoms with Crippen molar-refractivity contribution in [3.8, 4) is 0 Å². The summed E-state index contributed by atoms with van der Waals surface area (Å²) in [5.41, 5.74) is 0.180. The van der Waals surface area contributed by atoms with Crippen LogP contribution < -0.4 is 0 Å². The Morgan fingerprint density at radius 3 is 1.59 bits per heavy atom. The Hall–Kier alpha value is -2.21. The van der Waals surface area contributed by atoms with Gasteiger partial charge in [0.1, 0.15) is 11.9 Å². The van der Waals surface area contributed by atoms with Crippen LogP contribution in [0.3, 0.4) is 0 Å². The summed E-state index contributed by atoms with van der Waals surface area (Å²) in [7, 11) is 0. The normalized spacial score (nSPS) is 16.9. The molecule has 0 aliphatic carbocycles. The van der Waals surface area contributed by atoms with E-state index in [1.807, 2.05) is 0 Å². The second kappa shape index (κ2) is 26.1. The molecule has 0 aromatic carbocycles. The van der Waals surface area contributed by atoms with Crippen molar-refractivity contribution in [2.75, 3.05) is 0 Å². The average Bonchev–Trinajstić information content (AvgIpc) is 3.26. The van der Waals surface area contributed by atoms with Crippen LogP contribution in [0.1, 0.15) is 175 Å². The van der Waals surface area contributed by atoms with Crippen molar-refractivity contribution in [2.24, 2.45) is 0 Å². The number of carbonyl (C=O) groups is 3. The minimum absolute atomic E-state index is 0.0514. The van der Waals surface area contributed by atoms with Crippen LogP contribution in [0.5, 0.6) is 0 Å². The number of rotatable bonds is 28. The Bertz CT molecular complexity index is 886. The number of ketones is 1. The monoisotopic (exact) mass is 616 g/mol. The van der Waals surface area contributed by atoms with E-state index in [4.69, 9.17) is 9.47 Å². The van der Waals surface area contributed by atoms with Crippen LogP contribution in [-0.2, 0) is 23.9 Å². The number of cyclic esters (lactones) is 1. The Morgan fingerprint density at radius 1 is 0.750 bits per heavy atom. The number of ether oxygens (including phenoxy) is 2. The molecule has 1 aliphatic heterocycles. The zero-order valence-corrected chi connectivity index (χ0v) is 28.5. The molecule has 6 nitrogen and oxygen atoms in total. The maximum atomic E-state index is 13.1. The Balaban J connectivity index is 2.49. The average molecular weight is 617 g/mol. The molecule has 1 fully saturated rings. The second-order valence-electron chi connectivity index (χ2n) is 12.6. The number of unbranched alkanes of at least 4 members (excludes halogenated alkanes) is 22. The van der Waals surface area contributed by atoms with Crippen LogP contribution in [0.2, 0.25) is 0 Å². The molecule has 0 bridgehead atoms. The first kappa shape index (κ1) is 39.8. The molecule has 1 N–H and O–H groups in total. The molecule has 0 amide bonds. The Morgan fingerprint density at radius 2 is 1.16 bits per heavy atom.